The molecule has 0 aromatic heterocycles. The van der Waals surface area contributed by atoms with E-state index in [4.69, 9.17) is 32.7 Å². The van der Waals surface area contributed by atoms with E-state index in [0.29, 0.717) is 27.2 Å². The SMILES string of the molecule is COc1ccc(S(=O)(=O)N(CC(=O)Nc2cc(Cl)cc(Cl)c2)c2ccccc2)cc1OC. The van der Waals surface area contributed by atoms with Gasteiger partial charge in [0, 0.05) is 21.8 Å². The van der Waals surface area contributed by atoms with Crippen LogP contribution in [0.15, 0.2) is 71.6 Å². The second-order valence-corrected chi connectivity index (χ2v) is 9.31. The second-order valence-electron chi connectivity index (χ2n) is 6.57. The maximum Gasteiger partial charge on any atom is 0.264 e. The van der Waals surface area contributed by atoms with Crippen molar-refractivity contribution in [2.24, 2.45) is 0 Å². The third-order valence-corrected chi connectivity index (χ3v) is 6.63. The zero-order valence-electron chi connectivity index (χ0n) is 17.2. The van der Waals surface area contributed by atoms with Gasteiger partial charge in [-0.2, -0.15) is 0 Å². The number of nitrogens with zero attached hydrogens (tertiary/aromatic N) is 1. The fourth-order valence-electron chi connectivity index (χ4n) is 2.97. The number of methoxy groups -OCH3 is 2. The van der Waals surface area contributed by atoms with E-state index in [1.807, 2.05) is 0 Å². The number of carbonyl (C=O) groups is 1. The molecule has 0 unspecified atom stereocenters. The standard InChI is InChI=1S/C22H20Cl2N2O5S/c1-30-20-9-8-19(13-21(20)31-2)32(28,29)26(18-6-4-3-5-7-18)14-22(27)25-17-11-15(23)10-16(24)12-17/h3-13H,14H2,1-2H3,(H,25,27). The summed E-state index contributed by atoms with van der Waals surface area (Å²) < 4.78 is 38.4. The molecule has 0 atom stereocenters. The molecule has 10 heteroatoms. The summed E-state index contributed by atoms with van der Waals surface area (Å²) in [5.74, 6) is 0.0594. The number of para-hydroxylation sites is 1. The van der Waals surface area contributed by atoms with Crippen molar-refractivity contribution in [1.82, 2.24) is 0 Å². The van der Waals surface area contributed by atoms with Gasteiger partial charge in [0.05, 0.1) is 24.8 Å². The molecule has 3 aromatic carbocycles. The van der Waals surface area contributed by atoms with Gasteiger partial charge >= 0.3 is 0 Å². The first kappa shape index (κ1) is 23.7. The van der Waals surface area contributed by atoms with Gasteiger partial charge in [-0.05, 0) is 42.5 Å². The average molecular weight is 495 g/mol. The minimum atomic E-state index is -4.13. The summed E-state index contributed by atoms with van der Waals surface area (Å²) in [7, 11) is -1.27. The highest BCUT2D eigenvalue weighted by atomic mass is 35.5. The van der Waals surface area contributed by atoms with Crippen molar-refractivity contribution in [3.05, 3.63) is 76.8 Å². The van der Waals surface area contributed by atoms with E-state index in [2.05, 4.69) is 5.32 Å². The lowest BCUT2D eigenvalue weighted by Gasteiger charge is -2.24. The Bertz CT molecular complexity index is 1200. The molecule has 1 amide bonds. The lowest BCUT2D eigenvalue weighted by molar-refractivity contribution is -0.114. The Balaban J connectivity index is 1.96. The van der Waals surface area contributed by atoms with Gasteiger partial charge in [-0.3, -0.25) is 9.10 Å². The van der Waals surface area contributed by atoms with Gasteiger partial charge in [-0.15, -0.1) is 0 Å². The third kappa shape index (κ3) is 5.45. The summed E-state index contributed by atoms with van der Waals surface area (Å²) in [5.41, 5.74) is 0.672. The third-order valence-electron chi connectivity index (χ3n) is 4.42. The lowest BCUT2D eigenvalue weighted by Crippen LogP contribution is -2.38. The van der Waals surface area contributed by atoms with Gasteiger partial charge < -0.3 is 14.8 Å². The molecule has 0 aliphatic rings. The lowest BCUT2D eigenvalue weighted by atomic mass is 10.3. The highest BCUT2D eigenvalue weighted by molar-refractivity contribution is 7.92. The highest BCUT2D eigenvalue weighted by Crippen LogP contribution is 2.32. The smallest absolute Gasteiger partial charge is 0.264 e. The van der Waals surface area contributed by atoms with Gasteiger partial charge in [0.15, 0.2) is 11.5 Å². The Labute approximate surface area is 196 Å². The number of ether oxygens (including phenoxy) is 2. The van der Waals surface area contributed by atoms with Crippen LogP contribution in [0.2, 0.25) is 10.0 Å². The molecule has 0 heterocycles. The molecular weight excluding hydrogens is 475 g/mol. The summed E-state index contributed by atoms with van der Waals surface area (Å²) >= 11 is 12.0. The number of nitrogens with one attached hydrogen (secondary N) is 1. The van der Waals surface area contributed by atoms with E-state index in [1.165, 1.54) is 50.6 Å². The Hall–Kier alpha value is -2.94. The Morgan fingerprint density at radius 3 is 2.12 bits per heavy atom. The first-order valence-corrected chi connectivity index (χ1v) is 11.5. The molecule has 0 aliphatic heterocycles. The molecule has 168 valence electrons. The number of hydrogen-bond donors (Lipinski definition) is 1. The summed E-state index contributed by atoms with van der Waals surface area (Å²) in [6, 6.07) is 17.1. The average Bonchev–Trinajstić information content (AvgIpc) is 2.76. The number of rotatable bonds is 8. The van der Waals surface area contributed by atoms with Crippen molar-refractivity contribution in [2.75, 3.05) is 30.4 Å². The van der Waals surface area contributed by atoms with Crippen LogP contribution in [0.4, 0.5) is 11.4 Å². The van der Waals surface area contributed by atoms with Gasteiger partial charge in [0.25, 0.3) is 10.0 Å². The van der Waals surface area contributed by atoms with E-state index in [-0.39, 0.29) is 10.6 Å². The van der Waals surface area contributed by atoms with Crippen LogP contribution in [0.25, 0.3) is 0 Å². The summed E-state index contributed by atoms with van der Waals surface area (Å²) in [5, 5.41) is 3.31. The van der Waals surface area contributed by atoms with Crippen LogP contribution in [0, 0.1) is 0 Å². The first-order chi connectivity index (χ1) is 15.2. The van der Waals surface area contributed by atoms with Gasteiger partial charge in [-0.25, -0.2) is 8.42 Å². The predicted molar refractivity (Wildman–Crippen MR) is 126 cm³/mol. The molecule has 0 radical (unpaired) electrons. The molecule has 0 spiro atoms. The van der Waals surface area contributed by atoms with Crippen LogP contribution < -0.4 is 19.1 Å². The zero-order chi connectivity index (χ0) is 23.3. The monoisotopic (exact) mass is 494 g/mol. The van der Waals surface area contributed by atoms with Gasteiger partial charge in [0.2, 0.25) is 5.91 Å². The first-order valence-electron chi connectivity index (χ1n) is 9.30. The van der Waals surface area contributed by atoms with E-state index < -0.39 is 22.5 Å². The largest absolute Gasteiger partial charge is 0.493 e. The maximum absolute atomic E-state index is 13.5. The van der Waals surface area contributed by atoms with Crippen molar-refractivity contribution in [1.29, 1.82) is 0 Å². The minimum absolute atomic E-state index is 0.0578. The zero-order valence-corrected chi connectivity index (χ0v) is 19.5. The number of benzene rings is 3. The number of anilines is 2. The van der Waals surface area contributed by atoms with E-state index in [1.54, 1.807) is 30.3 Å². The fraction of sp³-hybridized carbons (Fsp3) is 0.136. The molecule has 3 aromatic rings. The maximum atomic E-state index is 13.5. The Kier molecular flexibility index (Phi) is 7.50. The van der Waals surface area contributed by atoms with Crippen LogP contribution in [0.3, 0.4) is 0 Å². The minimum Gasteiger partial charge on any atom is -0.493 e. The van der Waals surface area contributed by atoms with Crippen molar-refractivity contribution in [2.45, 2.75) is 4.90 Å². The fourth-order valence-corrected chi connectivity index (χ4v) is 4.93. The molecule has 0 fully saturated rings. The molecule has 0 saturated heterocycles. The number of sulfonamides is 1. The van der Waals surface area contributed by atoms with Crippen LogP contribution in [0.5, 0.6) is 11.5 Å². The summed E-state index contributed by atoms with van der Waals surface area (Å²) in [6.45, 7) is -0.481. The molecule has 0 bridgehead atoms. The predicted octanol–water partition coefficient (Wildman–Crippen LogP) is 4.84. The molecule has 0 saturated carbocycles. The van der Waals surface area contributed by atoms with Crippen LogP contribution in [0.1, 0.15) is 0 Å². The number of carbonyl (C=O) groups excluding carboxylic acids is 1. The van der Waals surface area contributed by atoms with E-state index in [9.17, 15) is 13.2 Å². The van der Waals surface area contributed by atoms with Crippen molar-refractivity contribution >= 4 is 50.5 Å². The van der Waals surface area contributed by atoms with Gasteiger partial charge in [-0.1, -0.05) is 41.4 Å². The molecule has 1 N–H and O–H groups in total. The van der Waals surface area contributed by atoms with Gasteiger partial charge in [0.1, 0.15) is 6.54 Å². The normalized spacial score (nSPS) is 11.0. The molecule has 3 rings (SSSR count). The van der Waals surface area contributed by atoms with Crippen LogP contribution in [-0.4, -0.2) is 35.1 Å². The highest BCUT2D eigenvalue weighted by Gasteiger charge is 2.28. The number of halogens is 2. The quantitative estimate of drug-likeness (QED) is 0.483. The Morgan fingerprint density at radius 1 is 0.906 bits per heavy atom. The molecular formula is C22H20Cl2N2O5S. The molecule has 32 heavy (non-hydrogen) atoms. The molecule has 0 aliphatic carbocycles. The summed E-state index contributed by atoms with van der Waals surface area (Å²) in [6.07, 6.45) is 0. The topological polar surface area (TPSA) is 84.9 Å². The second kappa shape index (κ2) is 10.1. The number of hydrogen-bond acceptors (Lipinski definition) is 5. The summed E-state index contributed by atoms with van der Waals surface area (Å²) in [4.78, 5) is 12.7. The van der Waals surface area contributed by atoms with Crippen LogP contribution >= 0.6 is 23.2 Å². The van der Waals surface area contributed by atoms with E-state index in [0.717, 1.165) is 4.31 Å². The van der Waals surface area contributed by atoms with E-state index >= 15 is 0 Å². The van der Waals surface area contributed by atoms with Crippen molar-refractivity contribution in [3.8, 4) is 11.5 Å². The molecule has 7 nitrogen and oxygen atoms in total. The van der Waals surface area contributed by atoms with Crippen molar-refractivity contribution < 1.29 is 22.7 Å². The Morgan fingerprint density at radius 2 is 1.53 bits per heavy atom. The van der Waals surface area contributed by atoms with Crippen molar-refractivity contribution in [3.63, 3.8) is 0 Å². The number of amides is 1. The van der Waals surface area contributed by atoms with Crippen LogP contribution in [-0.2, 0) is 14.8 Å².